The quantitative estimate of drug-likeness (QED) is 0.250. The SMILES string of the molecule is CCCCCCCCCCCCCC(=O)N(CCN1CCOCC1)Cc1ccccc1OC. The second-order valence-electron chi connectivity index (χ2n) is 9.37. The van der Waals surface area contributed by atoms with Crippen LogP contribution in [0.25, 0.3) is 0 Å². The molecule has 1 saturated heterocycles. The van der Waals surface area contributed by atoms with Crippen LogP contribution >= 0.6 is 0 Å². The number of unbranched alkanes of at least 4 members (excludes halogenated alkanes) is 10. The van der Waals surface area contributed by atoms with E-state index in [4.69, 9.17) is 9.47 Å². The molecule has 5 nitrogen and oxygen atoms in total. The molecule has 1 aliphatic rings. The van der Waals surface area contributed by atoms with Gasteiger partial charge in [0.15, 0.2) is 0 Å². The Bertz CT molecular complexity index is 631. The molecular formula is C28H48N2O3. The maximum absolute atomic E-state index is 13.1. The lowest BCUT2D eigenvalue weighted by Gasteiger charge is -2.30. The van der Waals surface area contributed by atoms with E-state index >= 15 is 0 Å². The summed E-state index contributed by atoms with van der Waals surface area (Å²) in [4.78, 5) is 17.6. The van der Waals surface area contributed by atoms with Crippen molar-refractivity contribution in [2.24, 2.45) is 0 Å². The number of methoxy groups -OCH3 is 1. The number of benzene rings is 1. The van der Waals surface area contributed by atoms with Gasteiger partial charge in [-0.15, -0.1) is 0 Å². The molecule has 2 rings (SSSR count). The molecular weight excluding hydrogens is 412 g/mol. The third kappa shape index (κ3) is 11.9. The highest BCUT2D eigenvalue weighted by molar-refractivity contribution is 5.76. The number of carbonyl (C=O) groups excluding carboxylic acids is 1. The third-order valence-corrected chi connectivity index (χ3v) is 6.69. The maximum atomic E-state index is 13.1. The Kier molecular flexibility index (Phi) is 14.9. The van der Waals surface area contributed by atoms with Crippen LogP contribution < -0.4 is 4.74 Å². The number of nitrogens with zero attached hydrogens (tertiary/aromatic N) is 2. The Hall–Kier alpha value is -1.59. The average Bonchev–Trinajstić information content (AvgIpc) is 2.85. The fourth-order valence-corrected chi connectivity index (χ4v) is 4.52. The zero-order valence-corrected chi connectivity index (χ0v) is 21.4. The van der Waals surface area contributed by atoms with Gasteiger partial charge in [0.25, 0.3) is 0 Å². The molecule has 0 aliphatic carbocycles. The van der Waals surface area contributed by atoms with Crippen molar-refractivity contribution in [1.82, 2.24) is 9.80 Å². The summed E-state index contributed by atoms with van der Waals surface area (Å²) in [5.41, 5.74) is 1.08. The van der Waals surface area contributed by atoms with Crippen molar-refractivity contribution >= 4 is 5.91 Å². The summed E-state index contributed by atoms with van der Waals surface area (Å²) in [5.74, 6) is 1.13. The van der Waals surface area contributed by atoms with Crippen molar-refractivity contribution in [2.75, 3.05) is 46.5 Å². The molecule has 1 fully saturated rings. The highest BCUT2D eigenvalue weighted by Crippen LogP contribution is 2.20. The van der Waals surface area contributed by atoms with E-state index < -0.39 is 0 Å². The van der Waals surface area contributed by atoms with Gasteiger partial charge in [-0.2, -0.15) is 0 Å². The van der Waals surface area contributed by atoms with E-state index in [9.17, 15) is 4.79 Å². The Morgan fingerprint density at radius 2 is 1.55 bits per heavy atom. The molecule has 0 bridgehead atoms. The standard InChI is InChI=1S/C28H48N2O3/c1-3-4-5-6-7-8-9-10-11-12-13-18-28(31)30(20-19-29-21-23-33-24-22-29)25-26-16-14-15-17-27(26)32-2/h14-17H,3-13,18-25H2,1-2H3. The lowest BCUT2D eigenvalue weighted by Crippen LogP contribution is -2.42. The van der Waals surface area contributed by atoms with Gasteiger partial charge in [0.05, 0.1) is 20.3 Å². The second kappa shape index (κ2) is 17.8. The van der Waals surface area contributed by atoms with Crippen LogP contribution in [-0.2, 0) is 16.1 Å². The van der Waals surface area contributed by atoms with Crippen LogP contribution in [0.2, 0.25) is 0 Å². The normalized spacial score (nSPS) is 14.4. The van der Waals surface area contributed by atoms with Crippen LogP contribution in [0, 0.1) is 0 Å². The number of hydrogen-bond acceptors (Lipinski definition) is 4. The first-order chi connectivity index (χ1) is 16.2. The van der Waals surface area contributed by atoms with Crippen LogP contribution in [0.4, 0.5) is 0 Å². The summed E-state index contributed by atoms with van der Waals surface area (Å²) in [7, 11) is 1.70. The molecule has 33 heavy (non-hydrogen) atoms. The lowest BCUT2D eigenvalue weighted by atomic mass is 10.0. The summed E-state index contributed by atoms with van der Waals surface area (Å²) in [6.45, 7) is 8.04. The van der Waals surface area contributed by atoms with Crippen LogP contribution in [0.15, 0.2) is 24.3 Å². The van der Waals surface area contributed by atoms with E-state index in [1.54, 1.807) is 7.11 Å². The van der Waals surface area contributed by atoms with Crippen molar-refractivity contribution in [1.29, 1.82) is 0 Å². The maximum Gasteiger partial charge on any atom is 0.222 e. The summed E-state index contributed by atoms with van der Waals surface area (Å²) in [6, 6.07) is 8.04. The summed E-state index contributed by atoms with van der Waals surface area (Å²) < 4.78 is 11.0. The zero-order valence-electron chi connectivity index (χ0n) is 21.4. The third-order valence-electron chi connectivity index (χ3n) is 6.69. The van der Waals surface area contributed by atoms with Crippen molar-refractivity contribution in [3.05, 3.63) is 29.8 Å². The number of para-hydroxylation sites is 1. The van der Waals surface area contributed by atoms with Gasteiger partial charge in [-0.3, -0.25) is 9.69 Å². The van der Waals surface area contributed by atoms with Gasteiger partial charge < -0.3 is 14.4 Å². The summed E-state index contributed by atoms with van der Waals surface area (Å²) in [5, 5.41) is 0. The number of amides is 1. The molecule has 0 aromatic heterocycles. The molecule has 1 aliphatic heterocycles. The van der Waals surface area contributed by atoms with E-state index in [1.807, 2.05) is 23.1 Å². The lowest BCUT2D eigenvalue weighted by molar-refractivity contribution is -0.132. The van der Waals surface area contributed by atoms with Crippen LogP contribution in [0.1, 0.15) is 89.5 Å². The van der Waals surface area contributed by atoms with Crippen molar-refractivity contribution in [3.63, 3.8) is 0 Å². The first-order valence-electron chi connectivity index (χ1n) is 13.4. The second-order valence-corrected chi connectivity index (χ2v) is 9.37. The smallest absolute Gasteiger partial charge is 0.222 e. The van der Waals surface area contributed by atoms with Gasteiger partial charge in [-0.1, -0.05) is 89.3 Å². The van der Waals surface area contributed by atoms with Gasteiger partial charge in [0.1, 0.15) is 5.75 Å². The van der Waals surface area contributed by atoms with Crippen molar-refractivity contribution in [2.45, 2.75) is 90.5 Å². The van der Waals surface area contributed by atoms with Crippen LogP contribution in [0.5, 0.6) is 5.75 Å². The molecule has 0 saturated carbocycles. The minimum Gasteiger partial charge on any atom is -0.496 e. The van der Waals surface area contributed by atoms with Gasteiger partial charge in [0, 0.05) is 44.7 Å². The predicted octanol–water partition coefficient (Wildman–Crippen LogP) is 6.06. The van der Waals surface area contributed by atoms with Gasteiger partial charge in [0.2, 0.25) is 5.91 Å². The average molecular weight is 461 g/mol. The molecule has 5 heteroatoms. The molecule has 0 spiro atoms. The number of hydrogen-bond donors (Lipinski definition) is 0. The molecule has 0 atom stereocenters. The number of ether oxygens (including phenoxy) is 2. The zero-order chi connectivity index (χ0) is 23.6. The van der Waals surface area contributed by atoms with E-state index in [0.717, 1.165) is 63.5 Å². The van der Waals surface area contributed by atoms with E-state index in [2.05, 4.69) is 17.9 Å². The molecule has 188 valence electrons. The fraction of sp³-hybridized carbons (Fsp3) is 0.750. The monoisotopic (exact) mass is 460 g/mol. The molecule has 1 aromatic carbocycles. The molecule has 1 amide bonds. The molecule has 0 unspecified atom stereocenters. The first-order valence-corrected chi connectivity index (χ1v) is 13.4. The minimum absolute atomic E-state index is 0.269. The molecule has 0 radical (unpaired) electrons. The summed E-state index contributed by atoms with van der Waals surface area (Å²) >= 11 is 0. The van der Waals surface area contributed by atoms with E-state index in [-0.39, 0.29) is 5.91 Å². The van der Waals surface area contributed by atoms with Gasteiger partial charge >= 0.3 is 0 Å². The number of carbonyl (C=O) groups is 1. The number of rotatable bonds is 18. The largest absolute Gasteiger partial charge is 0.496 e. The van der Waals surface area contributed by atoms with Crippen LogP contribution in [0.3, 0.4) is 0 Å². The first kappa shape index (κ1) is 27.7. The predicted molar refractivity (Wildman–Crippen MR) is 137 cm³/mol. The fourth-order valence-electron chi connectivity index (χ4n) is 4.52. The van der Waals surface area contributed by atoms with Gasteiger partial charge in [-0.05, 0) is 12.5 Å². The minimum atomic E-state index is 0.269. The van der Waals surface area contributed by atoms with Crippen molar-refractivity contribution < 1.29 is 14.3 Å². The highest BCUT2D eigenvalue weighted by Gasteiger charge is 2.18. The molecule has 0 N–H and O–H groups in total. The Balaban J connectivity index is 1.71. The summed E-state index contributed by atoms with van der Waals surface area (Å²) in [6.07, 6.45) is 15.0. The molecule has 1 heterocycles. The van der Waals surface area contributed by atoms with Crippen molar-refractivity contribution in [3.8, 4) is 5.75 Å². The molecule has 1 aromatic rings. The van der Waals surface area contributed by atoms with E-state index in [0.29, 0.717) is 13.0 Å². The highest BCUT2D eigenvalue weighted by atomic mass is 16.5. The Labute approximate surface area is 202 Å². The topological polar surface area (TPSA) is 42.0 Å². The van der Waals surface area contributed by atoms with Crippen LogP contribution in [-0.4, -0.2) is 62.2 Å². The Morgan fingerprint density at radius 3 is 2.18 bits per heavy atom. The Morgan fingerprint density at radius 1 is 0.939 bits per heavy atom. The van der Waals surface area contributed by atoms with E-state index in [1.165, 1.54) is 57.8 Å². The number of morpholine rings is 1. The van der Waals surface area contributed by atoms with Gasteiger partial charge in [-0.25, -0.2) is 0 Å².